The van der Waals surface area contributed by atoms with E-state index in [0.717, 1.165) is 13.1 Å². The molecule has 1 aliphatic heterocycles. The zero-order chi connectivity index (χ0) is 12.2. The minimum atomic E-state index is -0.467. The van der Waals surface area contributed by atoms with Gasteiger partial charge in [0, 0.05) is 32.3 Å². The predicted octanol–water partition coefficient (Wildman–Crippen LogP) is 1.000. The monoisotopic (exact) mass is 266 g/mol. The van der Waals surface area contributed by atoms with Crippen molar-refractivity contribution in [1.82, 2.24) is 10.2 Å². The largest absolute Gasteiger partial charge is 0.444 e. The Morgan fingerprint density at radius 2 is 2.18 bits per heavy atom. The fourth-order valence-electron chi connectivity index (χ4n) is 1.73. The fraction of sp³-hybridized carbons (Fsp3) is 0.909. The van der Waals surface area contributed by atoms with E-state index in [4.69, 9.17) is 9.84 Å². The van der Waals surface area contributed by atoms with Crippen molar-refractivity contribution < 1.29 is 14.6 Å². The maximum Gasteiger partial charge on any atom is 0.410 e. The smallest absolute Gasteiger partial charge is 0.410 e. The quantitative estimate of drug-likeness (QED) is 0.783. The van der Waals surface area contributed by atoms with E-state index in [1.807, 2.05) is 20.8 Å². The highest BCUT2D eigenvalue weighted by molar-refractivity contribution is 5.85. The average Bonchev–Trinajstić information content (AvgIpc) is 2.16. The third-order valence-corrected chi connectivity index (χ3v) is 2.44. The van der Waals surface area contributed by atoms with E-state index in [0.29, 0.717) is 13.0 Å². The molecule has 102 valence electrons. The molecule has 1 atom stereocenters. The van der Waals surface area contributed by atoms with Crippen LogP contribution in [0.2, 0.25) is 0 Å². The van der Waals surface area contributed by atoms with Gasteiger partial charge in [-0.1, -0.05) is 0 Å². The first-order valence-electron chi connectivity index (χ1n) is 5.75. The summed E-state index contributed by atoms with van der Waals surface area (Å²) in [6.07, 6.45) is 0.305. The van der Waals surface area contributed by atoms with E-state index in [9.17, 15) is 4.79 Å². The Morgan fingerprint density at radius 1 is 1.53 bits per heavy atom. The van der Waals surface area contributed by atoms with Crippen LogP contribution >= 0.6 is 12.4 Å². The van der Waals surface area contributed by atoms with Crippen LogP contribution in [0.1, 0.15) is 27.2 Å². The van der Waals surface area contributed by atoms with E-state index in [1.165, 1.54) is 0 Å². The van der Waals surface area contributed by atoms with Crippen LogP contribution in [-0.2, 0) is 4.74 Å². The van der Waals surface area contributed by atoms with Crippen LogP contribution in [0.4, 0.5) is 4.79 Å². The topological polar surface area (TPSA) is 61.8 Å². The Morgan fingerprint density at radius 3 is 2.71 bits per heavy atom. The second-order valence-corrected chi connectivity index (χ2v) is 5.04. The number of rotatable bonds is 2. The summed E-state index contributed by atoms with van der Waals surface area (Å²) in [5, 5.41) is 12.2. The number of carbonyl (C=O) groups excluding carboxylic acids is 1. The zero-order valence-electron chi connectivity index (χ0n) is 10.7. The third kappa shape index (κ3) is 5.57. The molecule has 0 spiro atoms. The van der Waals surface area contributed by atoms with E-state index in [2.05, 4.69) is 5.32 Å². The molecule has 0 aromatic heterocycles. The molecule has 0 aromatic rings. The lowest BCUT2D eigenvalue weighted by atomic mass is 10.1. The van der Waals surface area contributed by atoms with Gasteiger partial charge in [0.25, 0.3) is 0 Å². The first kappa shape index (κ1) is 16.5. The minimum Gasteiger partial charge on any atom is -0.444 e. The normalized spacial score (nSPS) is 20.7. The Hall–Kier alpha value is -0.520. The molecule has 0 aliphatic carbocycles. The molecule has 1 saturated heterocycles. The van der Waals surface area contributed by atoms with E-state index < -0.39 is 5.60 Å². The van der Waals surface area contributed by atoms with Crippen LogP contribution in [0.15, 0.2) is 0 Å². The highest BCUT2D eigenvalue weighted by atomic mass is 35.5. The van der Waals surface area contributed by atoms with Gasteiger partial charge in [0.15, 0.2) is 0 Å². The van der Waals surface area contributed by atoms with Gasteiger partial charge in [-0.3, -0.25) is 0 Å². The Bertz CT molecular complexity index is 241. The summed E-state index contributed by atoms with van der Waals surface area (Å²) in [5.41, 5.74) is -0.467. The lowest BCUT2D eigenvalue weighted by Gasteiger charge is -2.36. The standard InChI is InChI=1S/C11H22N2O3.ClH/c1-11(2,3)16-10(15)13-6-5-12-8-9(13)4-7-14;/h9,12,14H,4-8H2,1-3H3;1H/t9-;/m1./s1. The van der Waals surface area contributed by atoms with Crippen molar-refractivity contribution in [3.63, 3.8) is 0 Å². The number of aliphatic hydroxyl groups excluding tert-OH is 1. The number of nitrogens with zero attached hydrogens (tertiary/aromatic N) is 1. The summed E-state index contributed by atoms with van der Waals surface area (Å²) in [4.78, 5) is 13.6. The van der Waals surface area contributed by atoms with Gasteiger partial charge in [0.1, 0.15) is 5.60 Å². The number of piperazine rings is 1. The number of aliphatic hydroxyl groups is 1. The molecule has 1 fully saturated rings. The molecule has 1 amide bonds. The molecule has 0 radical (unpaired) electrons. The zero-order valence-corrected chi connectivity index (χ0v) is 11.5. The maximum atomic E-state index is 11.9. The fourth-order valence-corrected chi connectivity index (χ4v) is 1.73. The van der Waals surface area contributed by atoms with Gasteiger partial charge < -0.3 is 20.1 Å². The molecule has 0 aromatic carbocycles. The van der Waals surface area contributed by atoms with Gasteiger partial charge in [0.05, 0.1) is 0 Å². The van der Waals surface area contributed by atoms with E-state index in [1.54, 1.807) is 4.90 Å². The summed E-state index contributed by atoms with van der Waals surface area (Å²) in [5.74, 6) is 0. The lowest BCUT2D eigenvalue weighted by Crippen LogP contribution is -2.54. The van der Waals surface area contributed by atoms with Gasteiger partial charge in [-0.15, -0.1) is 12.4 Å². The summed E-state index contributed by atoms with van der Waals surface area (Å²) >= 11 is 0. The van der Waals surface area contributed by atoms with Gasteiger partial charge in [-0.25, -0.2) is 4.79 Å². The molecule has 6 heteroatoms. The van der Waals surface area contributed by atoms with Crippen molar-refractivity contribution in [3.8, 4) is 0 Å². The number of hydrogen-bond donors (Lipinski definition) is 2. The van der Waals surface area contributed by atoms with Crippen molar-refractivity contribution in [2.24, 2.45) is 0 Å². The van der Waals surface area contributed by atoms with E-state index in [-0.39, 0.29) is 31.1 Å². The van der Waals surface area contributed by atoms with Crippen molar-refractivity contribution in [2.45, 2.75) is 38.8 Å². The Balaban J connectivity index is 0.00000256. The molecule has 5 nitrogen and oxygen atoms in total. The van der Waals surface area contributed by atoms with Crippen molar-refractivity contribution in [3.05, 3.63) is 0 Å². The Kier molecular flexibility index (Phi) is 6.82. The summed E-state index contributed by atoms with van der Waals surface area (Å²) < 4.78 is 5.33. The van der Waals surface area contributed by atoms with Gasteiger partial charge in [-0.2, -0.15) is 0 Å². The third-order valence-electron chi connectivity index (χ3n) is 2.44. The molecule has 1 aliphatic rings. The molecule has 2 N–H and O–H groups in total. The second kappa shape index (κ2) is 7.03. The molecule has 17 heavy (non-hydrogen) atoms. The van der Waals surface area contributed by atoms with Crippen molar-refractivity contribution in [2.75, 3.05) is 26.2 Å². The minimum absolute atomic E-state index is 0. The average molecular weight is 267 g/mol. The van der Waals surface area contributed by atoms with Crippen LogP contribution in [0.5, 0.6) is 0 Å². The highest BCUT2D eigenvalue weighted by Gasteiger charge is 2.29. The predicted molar refractivity (Wildman–Crippen MR) is 68.5 cm³/mol. The van der Waals surface area contributed by atoms with Crippen molar-refractivity contribution >= 4 is 18.5 Å². The number of carbonyl (C=O) groups is 1. The molecule has 0 unspecified atom stereocenters. The van der Waals surface area contributed by atoms with Crippen LogP contribution in [0.25, 0.3) is 0 Å². The van der Waals surface area contributed by atoms with Crippen LogP contribution < -0.4 is 5.32 Å². The summed E-state index contributed by atoms with van der Waals surface area (Å²) in [6, 6.07) is 0.0357. The number of nitrogens with one attached hydrogen (secondary N) is 1. The number of amides is 1. The summed E-state index contributed by atoms with van der Waals surface area (Å²) in [7, 11) is 0. The molecule has 1 heterocycles. The molecule has 0 saturated carbocycles. The Labute approximate surface area is 109 Å². The molecule has 1 rings (SSSR count). The molecule has 0 bridgehead atoms. The lowest BCUT2D eigenvalue weighted by molar-refractivity contribution is 0.00950. The van der Waals surface area contributed by atoms with Crippen molar-refractivity contribution in [1.29, 1.82) is 0 Å². The number of hydrogen-bond acceptors (Lipinski definition) is 4. The number of ether oxygens (including phenoxy) is 1. The molecular weight excluding hydrogens is 244 g/mol. The van der Waals surface area contributed by atoms with Crippen LogP contribution in [0, 0.1) is 0 Å². The SMILES string of the molecule is CC(C)(C)OC(=O)N1CCNC[C@H]1CCO.Cl. The molecular formula is C11H23ClN2O3. The summed E-state index contributed by atoms with van der Waals surface area (Å²) in [6.45, 7) is 7.79. The first-order chi connectivity index (χ1) is 7.44. The van der Waals surface area contributed by atoms with E-state index >= 15 is 0 Å². The highest BCUT2D eigenvalue weighted by Crippen LogP contribution is 2.14. The van der Waals surface area contributed by atoms with Gasteiger partial charge in [0.2, 0.25) is 0 Å². The van der Waals surface area contributed by atoms with Crippen LogP contribution in [-0.4, -0.2) is 54.0 Å². The maximum absolute atomic E-state index is 11.9. The number of halogens is 1. The first-order valence-corrected chi connectivity index (χ1v) is 5.75. The van der Waals surface area contributed by atoms with Gasteiger partial charge >= 0.3 is 6.09 Å². The van der Waals surface area contributed by atoms with Gasteiger partial charge in [-0.05, 0) is 27.2 Å². The van der Waals surface area contributed by atoms with Crippen LogP contribution in [0.3, 0.4) is 0 Å². The second-order valence-electron chi connectivity index (χ2n) is 5.04.